The molecule has 1 saturated carbocycles. The molecule has 0 bridgehead atoms. The Labute approximate surface area is 257 Å². The Bertz CT molecular complexity index is 1600. The van der Waals surface area contributed by atoms with Crippen LogP contribution in [0.2, 0.25) is 0 Å². The number of nitrogens with zero attached hydrogens (tertiary/aromatic N) is 3. The Balaban J connectivity index is 0.000000196. The molecule has 41 heavy (non-hydrogen) atoms. The van der Waals surface area contributed by atoms with Gasteiger partial charge in [-0.05, 0) is 41.6 Å². The summed E-state index contributed by atoms with van der Waals surface area (Å²) in [7, 11) is 0. The summed E-state index contributed by atoms with van der Waals surface area (Å²) in [6, 6.07) is 38.9. The van der Waals surface area contributed by atoms with E-state index in [-0.39, 0.29) is 25.5 Å². The Kier molecular flexibility index (Phi) is 7.72. The second-order valence-corrected chi connectivity index (χ2v) is 11.6. The minimum absolute atomic E-state index is 0. The van der Waals surface area contributed by atoms with Crippen LogP contribution in [0.3, 0.4) is 0 Å². The Morgan fingerprint density at radius 3 is 2.44 bits per heavy atom. The third-order valence-corrected chi connectivity index (χ3v) is 8.76. The molecule has 8 rings (SSSR count). The molecule has 0 saturated heterocycles. The second-order valence-electron chi connectivity index (χ2n) is 11.6. The van der Waals surface area contributed by atoms with Gasteiger partial charge in [-0.1, -0.05) is 81.3 Å². The molecule has 2 aliphatic heterocycles. The van der Waals surface area contributed by atoms with E-state index in [1.165, 1.54) is 71.1 Å². The van der Waals surface area contributed by atoms with Gasteiger partial charge in [0.25, 0.3) is 0 Å². The second kappa shape index (κ2) is 11.4. The van der Waals surface area contributed by atoms with Crippen molar-refractivity contribution in [3.8, 4) is 11.3 Å². The summed E-state index contributed by atoms with van der Waals surface area (Å²) in [5.74, 6) is 0. The molecule has 0 unspecified atom stereocenters. The van der Waals surface area contributed by atoms with Gasteiger partial charge in [-0.25, -0.2) is 0 Å². The molecule has 1 aromatic heterocycles. The SMILES string of the molecule is CC1(C)c2cccc3c2N([CH-]N3C2CCCCC2)c2[c-]cc3ccccc3c21.[Ir+3].[c-]1ccccc1-c1ccccn1. The van der Waals surface area contributed by atoms with E-state index in [9.17, 15) is 0 Å². The first-order valence-corrected chi connectivity index (χ1v) is 14.5. The van der Waals surface area contributed by atoms with E-state index in [0.717, 1.165) is 11.3 Å². The van der Waals surface area contributed by atoms with Crippen LogP contribution in [-0.2, 0) is 25.5 Å². The fourth-order valence-corrected chi connectivity index (χ4v) is 6.79. The summed E-state index contributed by atoms with van der Waals surface area (Å²) < 4.78 is 0. The van der Waals surface area contributed by atoms with Crippen LogP contribution in [0.5, 0.6) is 0 Å². The topological polar surface area (TPSA) is 19.4 Å². The first-order valence-electron chi connectivity index (χ1n) is 14.5. The van der Waals surface area contributed by atoms with Gasteiger partial charge in [0.1, 0.15) is 0 Å². The third-order valence-electron chi connectivity index (χ3n) is 8.76. The van der Waals surface area contributed by atoms with Crippen LogP contribution in [0.25, 0.3) is 22.0 Å². The molecular formula is C37H34IrN3. The molecule has 0 N–H and O–H groups in total. The molecule has 0 atom stereocenters. The van der Waals surface area contributed by atoms with Crippen molar-refractivity contribution in [2.75, 3.05) is 9.80 Å². The molecule has 0 amide bonds. The summed E-state index contributed by atoms with van der Waals surface area (Å²) in [5, 5.41) is 2.62. The molecule has 3 aliphatic rings. The van der Waals surface area contributed by atoms with E-state index >= 15 is 0 Å². The van der Waals surface area contributed by atoms with Gasteiger partial charge in [0.05, 0.1) is 0 Å². The number of pyridine rings is 1. The number of fused-ring (bicyclic) bond motifs is 4. The number of para-hydroxylation sites is 1. The Hall–Kier alpha value is -3.46. The molecule has 5 aromatic rings. The molecule has 3 nitrogen and oxygen atoms in total. The molecule has 1 aliphatic carbocycles. The number of anilines is 3. The van der Waals surface area contributed by atoms with Crippen LogP contribution >= 0.6 is 0 Å². The first-order chi connectivity index (χ1) is 19.6. The van der Waals surface area contributed by atoms with Crippen molar-refractivity contribution in [1.29, 1.82) is 0 Å². The maximum Gasteiger partial charge on any atom is 3.00 e. The minimum Gasteiger partial charge on any atom is -0.499 e. The van der Waals surface area contributed by atoms with Crippen molar-refractivity contribution in [3.05, 3.63) is 127 Å². The predicted octanol–water partition coefficient (Wildman–Crippen LogP) is 9.24. The largest absolute Gasteiger partial charge is 3.00 e. The van der Waals surface area contributed by atoms with Crippen molar-refractivity contribution >= 4 is 27.8 Å². The summed E-state index contributed by atoms with van der Waals surface area (Å²) in [6.45, 7) is 7.12. The standard InChI is InChI=1S/C26H26N2.C11H8N.Ir/c1-26(2)21-13-8-14-23-25(21)28(17-27(23)19-10-4-3-5-11-19)22-16-15-18-9-6-7-12-20(18)24(22)26;1-2-6-10(7-3-1)11-8-4-5-9-12-11;/h6-9,12-15,17,19H,3-5,10-11H2,1-2H3;1-6,8-9H;/q-2;-1;+3. The van der Waals surface area contributed by atoms with Crippen molar-refractivity contribution < 1.29 is 20.1 Å². The van der Waals surface area contributed by atoms with Crippen molar-refractivity contribution in [2.45, 2.75) is 57.4 Å². The van der Waals surface area contributed by atoms with Gasteiger partial charge < -0.3 is 14.8 Å². The smallest absolute Gasteiger partial charge is 0.499 e. The van der Waals surface area contributed by atoms with Gasteiger partial charge in [0, 0.05) is 23.6 Å². The van der Waals surface area contributed by atoms with Crippen LogP contribution in [0, 0.1) is 18.8 Å². The van der Waals surface area contributed by atoms with Crippen LogP contribution in [0.4, 0.5) is 17.1 Å². The number of hydrogen-bond acceptors (Lipinski definition) is 3. The molecule has 0 radical (unpaired) electrons. The average Bonchev–Trinajstić information content (AvgIpc) is 3.41. The summed E-state index contributed by atoms with van der Waals surface area (Å²) in [4.78, 5) is 9.20. The molecule has 4 heteroatoms. The Morgan fingerprint density at radius 1 is 0.854 bits per heavy atom. The third kappa shape index (κ3) is 4.88. The van der Waals surface area contributed by atoms with Crippen LogP contribution in [-0.4, -0.2) is 11.0 Å². The molecule has 206 valence electrons. The van der Waals surface area contributed by atoms with E-state index in [1.807, 2.05) is 42.5 Å². The average molecular weight is 713 g/mol. The first kappa shape index (κ1) is 27.7. The van der Waals surface area contributed by atoms with E-state index < -0.39 is 0 Å². The van der Waals surface area contributed by atoms with Gasteiger partial charge in [0.15, 0.2) is 0 Å². The molecule has 3 heterocycles. The van der Waals surface area contributed by atoms with Gasteiger partial charge in [-0.2, -0.15) is 18.8 Å². The quantitative estimate of drug-likeness (QED) is 0.170. The van der Waals surface area contributed by atoms with E-state index in [1.54, 1.807) is 6.20 Å². The predicted molar refractivity (Wildman–Crippen MR) is 166 cm³/mol. The van der Waals surface area contributed by atoms with Gasteiger partial charge in [0.2, 0.25) is 0 Å². The zero-order chi connectivity index (χ0) is 27.1. The zero-order valence-corrected chi connectivity index (χ0v) is 26.0. The number of rotatable bonds is 2. The minimum atomic E-state index is -0.0506. The van der Waals surface area contributed by atoms with Gasteiger partial charge in [-0.15, -0.1) is 58.3 Å². The van der Waals surface area contributed by atoms with Gasteiger partial charge >= 0.3 is 20.1 Å². The monoisotopic (exact) mass is 713 g/mol. The van der Waals surface area contributed by atoms with Gasteiger partial charge in [-0.3, -0.25) is 0 Å². The number of benzene rings is 4. The summed E-state index contributed by atoms with van der Waals surface area (Å²) in [5.41, 5.74) is 8.76. The van der Waals surface area contributed by atoms with Crippen LogP contribution < -0.4 is 9.80 Å². The normalized spacial score (nSPS) is 16.7. The number of aromatic nitrogens is 1. The van der Waals surface area contributed by atoms with Crippen molar-refractivity contribution in [2.24, 2.45) is 0 Å². The van der Waals surface area contributed by atoms with Crippen molar-refractivity contribution in [3.63, 3.8) is 0 Å². The number of hydrogen-bond donors (Lipinski definition) is 0. The van der Waals surface area contributed by atoms with E-state index in [2.05, 4.69) is 96.0 Å². The molecule has 0 spiro atoms. The molecule has 4 aromatic carbocycles. The van der Waals surface area contributed by atoms with Crippen LogP contribution in [0.15, 0.2) is 97.2 Å². The summed E-state index contributed by atoms with van der Waals surface area (Å²) in [6.07, 6.45) is 8.47. The Morgan fingerprint density at radius 2 is 1.66 bits per heavy atom. The van der Waals surface area contributed by atoms with E-state index in [0.29, 0.717) is 6.04 Å². The fourth-order valence-electron chi connectivity index (χ4n) is 6.79. The van der Waals surface area contributed by atoms with Crippen molar-refractivity contribution in [1.82, 2.24) is 4.98 Å². The fraction of sp³-hybridized carbons (Fsp3) is 0.243. The maximum absolute atomic E-state index is 4.22. The molecule has 1 fully saturated rings. The van der Waals surface area contributed by atoms with E-state index in [4.69, 9.17) is 0 Å². The molecular weight excluding hydrogens is 679 g/mol. The zero-order valence-electron chi connectivity index (χ0n) is 23.6. The summed E-state index contributed by atoms with van der Waals surface area (Å²) >= 11 is 0. The maximum atomic E-state index is 4.22. The van der Waals surface area contributed by atoms with Crippen LogP contribution in [0.1, 0.15) is 57.1 Å².